The SMILES string of the molecule is Nc1ncc(Br)nc1C(=O)NCC1CC2(CCNCC2)C(=O)O1.O=C(O)C(F)(F)F. The van der Waals surface area contributed by atoms with Crippen molar-refractivity contribution in [1.82, 2.24) is 20.6 Å². The summed E-state index contributed by atoms with van der Waals surface area (Å²) in [6.07, 6.45) is -1.79. The van der Waals surface area contributed by atoms with Crippen LogP contribution < -0.4 is 16.4 Å². The van der Waals surface area contributed by atoms with Crippen molar-refractivity contribution in [1.29, 1.82) is 0 Å². The monoisotopic (exact) mass is 497 g/mol. The fourth-order valence-electron chi connectivity index (χ4n) is 3.10. The molecule has 2 saturated heterocycles. The molecule has 1 atom stereocenters. The van der Waals surface area contributed by atoms with Crippen molar-refractivity contribution < 1.29 is 37.4 Å². The van der Waals surface area contributed by atoms with Gasteiger partial charge in [-0.1, -0.05) is 0 Å². The molecule has 1 aromatic heterocycles. The van der Waals surface area contributed by atoms with Crippen LogP contribution in [0.2, 0.25) is 0 Å². The Labute approximate surface area is 176 Å². The summed E-state index contributed by atoms with van der Waals surface area (Å²) in [4.78, 5) is 41.1. The molecule has 5 N–H and O–H groups in total. The molecule has 2 fully saturated rings. The van der Waals surface area contributed by atoms with Crippen molar-refractivity contribution >= 4 is 39.6 Å². The zero-order valence-corrected chi connectivity index (χ0v) is 17.0. The molecule has 2 aliphatic rings. The molecule has 14 heteroatoms. The average molecular weight is 498 g/mol. The highest BCUT2D eigenvalue weighted by atomic mass is 79.9. The van der Waals surface area contributed by atoms with Gasteiger partial charge in [0, 0.05) is 6.42 Å². The molecule has 166 valence electrons. The van der Waals surface area contributed by atoms with Gasteiger partial charge in [-0.05, 0) is 41.9 Å². The number of rotatable bonds is 3. The van der Waals surface area contributed by atoms with Crippen molar-refractivity contribution in [2.75, 3.05) is 25.4 Å². The third-order valence-corrected chi connectivity index (χ3v) is 4.99. The minimum Gasteiger partial charge on any atom is -0.475 e. The minimum absolute atomic E-state index is 0.0558. The highest BCUT2D eigenvalue weighted by Gasteiger charge is 2.49. The second-order valence-corrected chi connectivity index (χ2v) is 7.51. The van der Waals surface area contributed by atoms with Gasteiger partial charge in [0.1, 0.15) is 10.7 Å². The lowest BCUT2D eigenvalue weighted by atomic mass is 9.76. The van der Waals surface area contributed by atoms with Gasteiger partial charge < -0.3 is 26.2 Å². The number of hydrogen-bond acceptors (Lipinski definition) is 8. The number of halogens is 4. The number of nitrogen functional groups attached to an aromatic ring is 1. The number of aliphatic carboxylic acids is 1. The molecule has 3 heterocycles. The third-order valence-electron chi connectivity index (χ3n) is 4.61. The number of esters is 1. The number of anilines is 1. The number of hydrogen-bond donors (Lipinski definition) is 4. The number of carboxylic acid groups (broad SMARTS) is 1. The number of piperidine rings is 1. The zero-order valence-electron chi connectivity index (χ0n) is 15.5. The highest BCUT2D eigenvalue weighted by molar-refractivity contribution is 9.10. The molecule has 1 amide bonds. The van der Waals surface area contributed by atoms with E-state index in [-0.39, 0.29) is 30.1 Å². The van der Waals surface area contributed by atoms with Crippen molar-refractivity contribution in [2.45, 2.75) is 31.5 Å². The largest absolute Gasteiger partial charge is 0.490 e. The van der Waals surface area contributed by atoms with Crippen molar-refractivity contribution in [3.8, 4) is 0 Å². The molecular formula is C16H19BrF3N5O5. The number of ether oxygens (including phenoxy) is 1. The summed E-state index contributed by atoms with van der Waals surface area (Å²) in [5.41, 5.74) is 5.32. The molecule has 0 aliphatic carbocycles. The lowest BCUT2D eigenvalue weighted by Gasteiger charge is -2.29. The molecule has 2 aliphatic heterocycles. The first-order valence-corrected chi connectivity index (χ1v) is 9.52. The standard InChI is InChI=1S/C14H18BrN5O3.C2HF3O2/c15-9-7-18-11(16)10(20-9)12(21)19-6-8-5-14(13(22)23-8)1-3-17-4-2-14;3-2(4,5)1(6)7/h7-8,17H,1-6H2,(H2,16,18)(H,19,21);(H,6,7). The molecule has 0 aromatic carbocycles. The second kappa shape index (κ2) is 9.55. The Kier molecular flexibility index (Phi) is 7.58. The maximum Gasteiger partial charge on any atom is 0.490 e. The number of carbonyl (C=O) groups is 3. The quantitative estimate of drug-likeness (QED) is 0.444. The van der Waals surface area contributed by atoms with E-state index in [2.05, 4.69) is 36.5 Å². The molecule has 3 rings (SSSR count). The Morgan fingerprint density at radius 3 is 2.57 bits per heavy atom. The van der Waals surface area contributed by atoms with Crippen LogP contribution in [-0.4, -0.2) is 64.8 Å². The number of aromatic nitrogens is 2. The van der Waals surface area contributed by atoms with Crippen LogP contribution in [0.3, 0.4) is 0 Å². The van der Waals surface area contributed by atoms with Crippen LogP contribution in [0.1, 0.15) is 29.8 Å². The first kappa shape index (κ1) is 23.8. The van der Waals surface area contributed by atoms with Gasteiger partial charge in [-0.25, -0.2) is 14.8 Å². The van der Waals surface area contributed by atoms with Crippen LogP contribution in [-0.2, 0) is 14.3 Å². The van der Waals surface area contributed by atoms with Crippen LogP contribution in [0.4, 0.5) is 19.0 Å². The second-order valence-electron chi connectivity index (χ2n) is 6.70. The first-order valence-electron chi connectivity index (χ1n) is 8.73. The average Bonchev–Trinajstić information content (AvgIpc) is 2.97. The lowest BCUT2D eigenvalue weighted by molar-refractivity contribution is -0.192. The smallest absolute Gasteiger partial charge is 0.475 e. The van der Waals surface area contributed by atoms with Crippen LogP contribution in [0.15, 0.2) is 10.8 Å². The molecule has 10 nitrogen and oxygen atoms in total. The van der Waals surface area contributed by atoms with Crippen LogP contribution in [0, 0.1) is 5.41 Å². The van der Waals surface area contributed by atoms with Gasteiger partial charge in [-0.15, -0.1) is 0 Å². The number of nitrogens with one attached hydrogen (secondary N) is 2. The van der Waals surface area contributed by atoms with Crippen molar-refractivity contribution in [3.05, 3.63) is 16.5 Å². The Hall–Kier alpha value is -2.48. The predicted molar refractivity (Wildman–Crippen MR) is 99.2 cm³/mol. The summed E-state index contributed by atoms with van der Waals surface area (Å²) in [7, 11) is 0. The molecule has 1 aromatic rings. The fraction of sp³-hybridized carbons (Fsp3) is 0.562. The van der Waals surface area contributed by atoms with Gasteiger partial charge >= 0.3 is 18.1 Å². The number of alkyl halides is 3. The summed E-state index contributed by atoms with van der Waals surface area (Å²) in [5.74, 6) is -3.28. The van der Waals surface area contributed by atoms with Crippen molar-refractivity contribution in [3.63, 3.8) is 0 Å². The van der Waals surface area contributed by atoms with Gasteiger partial charge in [-0.2, -0.15) is 13.2 Å². The van der Waals surface area contributed by atoms with Gasteiger partial charge in [0.15, 0.2) is 11.5 Å². The molecule has 0 bridgehead atoms. The summed E-state index contributed by atoms with van der Waals surface area (Å²) >= 11 is 3.15. The van der Waals surface area contributed by atoms with E-state index in [1.807, 2.05) is 0 Å². The maximum absolute atomic E-state index is 12.2. The van der Waals surface area contributed by atoms with E-state index in [9.17, 15) is 22.8 Å². The van der Waals surface area contributed by atoms with E-state index in [4.69, 9.17) is 20.4 Å². The van der Waals surface area contributed by atoms with Gasteiger partial charge in [0.2, 0.25) is 0 Å². The predicted octanol–water partition coefficient (Wildman–Crippen LogP) is 0.870. The Bertz CT molecular complexity index is 817. The molecule has 0 radical (unpaired) electrons. The molecule has 30 heavy (non-hydrogen) atoms. The van der Waals surface area contributed by atoms with E-state index in [0.29, 0.717) is 11.0 Å². The maximum atomic E-state index is 12.2. The van der Waals surface area contributed by atoms with Crippen LogP contribution in [0.5, 0.6) is 0 Å². The van der Waals surface area contributed by atoms with Gasteiger partial charge in [0.25, 0.3) is 5.91 Å². The van der Waals surface area contributed by atoms with Crippen LogP contribution in [0.25, 0.3) is 0 Å². The molecular weight excluding hydrogens is 479 g/mol. The number of carbonyl (C=O) groups excluding carboxylic acids is 2. The van der Waals surface area contributed by atoms with Crippen molar-refractivity contribution in [2.24, 2.45) is 5.41 Å². The third kappa shape index (κ3) is 6.01. The lowest BCUT2D eigenvalue weighted by Crippen LogP contribution is -2.40. The highest BCUT2D eigenvalue weighted by Crippen LogP contribution is 2.41. The molecule has 0 saturated carbocycles. The van der Waals surface area contributed by atoms with Gasteiger partial charge in [-0.3, -0.25) is 9.59 Å². The Morgan fingerprint density at radius 1 is 1.40 bits per heavy atom. The van der Waals surface area contributed by atoms with E-state index in [0.717, 1.165) is 25.9 Å². The van der Waals surface area contributed by atoms with Gasteiger partial charge in [0.05, 0.1) is 18.2 Å². The number of nitrogens with zero attached hydrogens (tertiary/aromatic N) is 2. The summed E-state index contributed by atoms with van der Waals surface area (Å²) in [6, 6.07) is 0. The Balaban J connectivity index is 0.000000396. The number of cyclic esters (lactones) is 1. The first-order chi connectivity index (χ1) is 13.9. The fourth-order valence-corrected chi connectivity index (χ4v) is 3.38. The van der Waals surface area contributed by atoms with E-state index < -0.39 is 23.5 Å². The van der Waals surface area contributed by atoms with E-state index >= 15 is 0 Å². The van der Waals surface area contributed by atoms with E-state index in [1.165, 1.54) is 6.20 Å². The van der Waals surface area contributed by atoms with Crippen LogP contribution >= 0.6 is 15.9 Å². The zero-order chi connectivity index (χ0) is 22.5. The summed E-state index contributed by atoms with van der Waals surface area (Å²) < 4.78 is 37.6. The summed E-state index contributed by atoms with van der Waals surface area (Å²) in [6.45, 7) is 1.88. The normalized spacial score (nSPS) is 20.1. The number of nitrogens with two attached hydrogens (primary N) is 1. The topological polar surface area (TPSA) is 157 Å². The summed E-state index contributed by atoms with van der Waals surface area (Å²) in [5, 5.41) is 13.1. The Morgan fingerprint density at radius 2 is 2.00 bits per heavy atom. The molecule has 1 unspecified atom stereocenters. The van der Waals surface area contributed by atoms with E-state index in [1.54, 1.807) is 0 Å². The number of amides is 1. The molecule has 1 spiro atoms. The minimum atomic E-state index is -5.08. The number of carboxylic acids is 1.